The molecule has 0 N–H and O–H groups in total. The van der Waals surface area contributed by atoms with Gasteiger partial charge in [0.2, 0.25) is 0 Å². The molecular formula is C32H20N4. The second-order valence-electron chi connectivity index (χ2n) is 8.76. The molecule has 0 aliphatic carbocycles. The van der Waals surface area contributed by atoms with E-state index in [9.17, 15) is 0 Å². The van der Waals surface area contributed by atoms with Crippen molar-refractivity contribution in [1.82, 2.24) is 19.9 Å². The molecule has 5 aromatic carbocycles. The van der Waals surface area contributed by atoms with Gasteiger partial charge in [-0.25, -0.2) is 19.9 Å². The average molecular weight is 461 g/mol. The van der Waals surface area contributed by atoms with Crippen molar-refractivity contribution >= 4 is 32.3 Å². The molecule has 4 heteroatoms. The third-order valence-corrected chi connectivity index (χ3v) is 6.69. The molecule has 0 spiro atoms. The van der Waals surface area contributed by atoms with Gasteiger partial charge >= 0.3 is 0 Å². The zero-order valence-electron chi connectivity index (χ0n) is 19.3. The number of nitrogens with zero attached hydrogens (tertiary/aromatic N) is 4. The van der Waals surface area contributed by atoms with E-state index >= 15 is 0 Å². The van der Waals surface area contributed by atoms with Crippen molar-refractivity contribution in [2.45, 2.75) is 0 Å². The number of fused-ring (bicyclic) bond motifs is 3. The lowest BCUT2D eigenvalue weighted by atomic mass is 9.88. The van der Waals surface area contributed by atoms with Crippen LogP contribution in [0.3, 0.4) is 0 Å². The zero-order valence-corrected chi connectivity index (χ0v) is 19.3. The molecule has 0 aliphatic rings. The Hall–Kier alpha value is -4.96. The molecule has 0 bridgehead atoms. The zero-order chi connectivity index (χ0) is 23.9. The lowest BCUT2D eigenvalue weighted by Crippen LogP contribution is -1.96. The number of hydrogen-bond acceptors (Lipinski definition) is 4. The number of aromatic nitrogens is 4. The summed E-state index contributed by atoms with van der Waals surface area (Å²) < 4.78 is 0. The topological polar surface area (TPSA) is 51.6 Å². The minimum absolute atomic E-state index is 0.704. The van der Waals surface area contributed by atoms with Crippen LogP contribution in [0.2, 0.25) is 0 Å². The first-order chi connectivity index (χ1) is 17.9. The van der Waals surface area contributed by atoms with Crippen LogP contribution < -0.4 is 0 Å². The van der Waals surface area contributed by atoms with Crippen molar-refractivity contribution in [2.24, 2.45) is 0 Å². The van der Waals surface area contributed by atoms with Gasteiger partial charge in [0.15, 0.2) is 11.6 Å². The van der Waals surface area contributed by atoms with Crippen molar-refractivity contribution in [1.29, 1.82) is 0 Å². The van der Waals surface area contributed by atoms with Gasteiger partial charge in [0, 0.05) is 35.9 Å². The first-order valence-electron chi connectivity index (χ1n) is 11.9. The minimum atomic E-state index is 0.704. The maximum Gasteiger partial charge on any atom is 0.160 e. The summed E-state index contributed by atoms with van der Waals surface area (Å²) in [5.74, 6) is 1.41. The third-order valence-electron chi connectivity index (χ3n) is 6.69. The third kappa shape index (κ3) is 3.31. The molecule has 168 valence electrons. The second kappa shape index (κ2) is 8.36. The molecule has 7 rings (SSSR count). The summed E-state index contributed by atoms with van der Waals surface area (Å²) in [4.78, 5) is 18.6. The molecule has 4 nitrogen and oxygen atoms in total. The maximum atomic E-state index is 4.65. The molecule has 0 radical (unpaired) electrons. The van der Waals surface area contributed by atoms with Crippen molar-refractivity contribution in [3.8, 4) is 33.9 Å². The van der Waals surface area contributed by atoms with E-state index in [2.05, 4.69) is 105 Å². The number of rotatable bonds is 3. The fourth-order valence-corrected chi connectivity index (χ4v) is 5.07. The molecule has 0 fully saturated rings. The Balaban J connectivity index is 1.60. The van der Waals surface area contributed by atoms with Crippen LogP contribution >= 0.6 is 0 Å². The van der Waals surface area contributed by atoms with Gasteiger partial charge in [0.1, 0.15) is 0 Å². The monoisotopic (exact) mass is 460 g/mol. The van der Waals surface area contributed by atoms with Crippen molar-refractivity contribution in [3.05, 3.63) is 122 Å². The van der Waals surface area contributed by atoms with Crippen LogP contribution in [0.15, 0.2) is 122 Å². The molecule has 2 heterocycles. The first-order valence-corrected chi connectivity index (χ1v) is 11.9. The minimum Gasteiger partial charge on any atom is -0.237 e. The highest BCUT2D eigenvalue weighted by atomic mass is 14.9. The molecule has 0 aliphatic heterocycles. The van der Waals surface area contributed by atoms with Crippen LogP contribution in [0.25, 0.3) is 66.2 Å². The van der Waals surface area contributed by atoms with Gasteiger partial charge in [-0.15, -0.1) is 0 Å². The average Bonchev–Trinajstić information content (AvgIpc) is 2.96. The van der Waals surface area contributed by atoms with E-state index in [1.165, 1.54) is 16.3 Å². The Kier molecular flexibility index (Phi) is 4.74. The Morgan fingerprint density at radius 1 is 0.361 bits per heavy atom. The summed E-state index contributed by atoms with van der Waals surface area (Å²) in [7, 11) is 0. The van der Waals surface area contributed by atoms with E-state index in [1.54, 1.807) is 24.8 Å². The highest BCUT2D eigenvalue weighted by Crippen LogP contribution is 2.43. The summed E-state index contributed by atoms with van der Waals surface area (Å²) in [6.45, 7) is 0. The molecule has 0 amide bonds. The molecule has 36 heavy (non-hydrogen) atoms. The SMILES string of the molecule is c1cnc(-c2c3ccccc3c(-c3ncccn3)c3cc(-c4ccc5ccccc5c4)ccc23)nc1. The fourth-order valence-electron chi connectivity index (χ4n) is 5.07. The van der Waals surface area contributed by atoms with E-state index in [-0.39, 0.29) is 0 Å². The summed E-state index contributed by atoms with van der Waals surface area (Å²) in [5.41, 5.74) is 4.34. The van der Waals surface area contributed by atoms with E-state index in [4.69, 9.17) is 0 Å². The van der Waals surface area contributed by atoms with Crippen molar-refractivity contribution in [2.75, 3.05) is 0 Å². The van der Waals surface area contributed by atoms with Crippen LogP contribution in [0.5, 0.6) is 0 Å². The van der Waals surface area contributed by atoms with Crippen LogP contribution in [0.4, 0.5) is 0 Å². The maximum absolute atomic E-state index is 4.65. The van der Waals surface area contributed by atoms with Gasteiger partial charge in [-0.2, -0.15) is 0 Å². The summed E-state index contributed by atoms with van der Waals surface area (Å²) in [5, 5.41) is 6.76. The Morgan fingerprint density at radius 3 is 1.53 bits per heavy atom. The number of benzene rings is 5. The normalized spacial score (nSPS) is 11.3. The fraction of sp³-hybridized carbons (Fsp3) is 0. The molecule has 7 aromatic rings. The van der Waals surface area contributed by atoms with Gasteiger partial charge in [-0.05, 0) is 67.7 Å². The van der Waals surface area contributed by atoms with Crippen LogP contribution in [-0.2, 0) is 0 Å². The Labute approximate surface area is 208 Å². The molecule has 0 unspecified atom stereocenters. The Morgan fingerprint density at radius 2 is 0.861 bits per heavy atom. The lowest BCUT2D eigenvalue weighted by molar-refractivity contribution is 1.18. The highest BCUT2D eigenvalue weighted by Gasteiger charge is 2.19. The summed E-state index contributed by atoms with van der Waals surface area (Å²) in [6, 6.07) is 33.8. The van der Waals surface area contributed by atoms with E-state index in [0.717, 1.165) is 38.2 Å². The van der Waals surface area contributed by atoms with Gasteiger partial charge in [-0.3, -0.25) is 0 Å². The van der Waals surface area contributed by atoms with Crippen LogP contribution in [0.1, 0.15) is 0 Å². The van der Waals surface area contributed by atoms with Gasteiger partial charge in [-0.1, -0.05) is 72.8 Å². The van der Waals surface area contributed by atoms with E-state index in [0.29, 0.717) is 11.6 Å². The molecule has 0 saturated heterocycles. The predicted octanol–water partition coefficient (Wildman–Crippen LogP) is 7.73. The van der Waals surface area contributed by atoms with E-state index in [1.807, 2.05) is 12.1 Å². The highest BCUT2D eigenvalue weighted by molar-refractivity contribution is 6.20. The van der Waals surface area contributed by atoms with Gasteiger partial charge < -0.3 is 0 Å². The summed E-state index contributed by atoms with van der Waals surface area (Å²) in [6.07, 6.45) is 7.18. The van der Waals surface area contributed by atoms with Gasteiger partial charge in [0.25, 0.3) is 0 Å². The van der Waals surface area contributed by atoms with Crippen LogP contribution in [0, 0.1) is 0 Å². The van der Waals surface area contributed by atoms with Crippen molar-refractivity contribution < 1.29 is 0 Å². The predicted molar refractivity (Wildman–Crippen MR) is 146 cm³/mol. The molecule has 0 atom stereocenters. The Bertz CT molecular complexity index is 1880. The van der Waals surface area contributed by atoms with Crippen molar-refractivity contribution in [3.63, 3.8) is 0 Å². The lowest BCUT2D eigenvalue weighted by Gasteiger charge is -2.16. The largest absolute Gasteiger partial charge is 0.237 e. The first kappa shape index (κ1) is 20.4. The summed E-state index contributed by atoms with van der Waals surface area (Å²) >= 11 is 0. The quantitative estimate of drug-likeness (QED) is 0.253. The molecule has 0 saturated carbocycles. The molecule has 2 aromatic heterocycles. The van der Waals surface area contributed by atoms with E-state index < -0.39 is 0 Å². The van der Waals surface area contributed by atoms with Crippen LogP contribution in [-0.4, -0.2) is 19.9 Å². The number of hydrogen-bond donors (Lipinski definition) is 0. The second-order valence-corrected chi connectivity index (χ2v) is 8.76. The van der Waals surface area contributed by atoms with Gasteiger partial charge in [0.05, 0.1) is 0 Å². The molecular weight excluding hydrogens is 440 g/mol. The smallest absolute Gasteiger partial charge is 0.160 e. The standard InChI is InChI=1S/C32H20N4/c1-2-8-22-19-23(12-11-21(22)7-1)24-13-14-27-28(20-24)30(32-35-17-6-18-36-32)26-10-4-3-9-25(26)29(27)31-33-15-5-16-34-31/h1-20H.